The van der Waals surface area contributed by atoms with Crippen molar-refractivity contribution in [2.45, 2.75) is 70.6 Å². The number of carbonyl (C=O) groups excluding carboxylic acids is 2. The molecule has 4 rings (SSSR count). The van der Waals surface area contributed by atoms with E-state index in [0.717, 1.165) is 22.2 Å². The van der Waals surface area contributed by atoms with Crippen LogP contribution in [0.5, 0.6) is 0 Å². The number of aromatic nitrogens is 3. The predicted molar refractivity (Wildman–Crippen MR) is 132 cm³/mol. The van der Waals surface area contributed by atoms with Crippen LogP contribution in [0.4, 0.5) is 13.2 Å². The minimum atomic E-state index is -4.91. The number of carboxylic acid groups (broad SMARTS) is 1. The molecule has 1 N–H and O–H groups in total. The Kier molecular flexibility index (Phi) is 7.82. The van der Waals surface area contributed by atoms with Crippen LogP contribution in [-0.4, -0.2) is 55.0 Å². The van der Waals surface area contributed by atoms with Crippen molar-refractivity contribution in [2.24, 2.45) is 11.3 Å². The van der Waals surface area contributed by atoms with E-state index in [2.05, 4.69) is 10.1 Å². The molecule has 1 unspecified atom stereocenters. The fourth-order valence-electron chi connectivity index (χ4n) is 5.46. The topological polar surface area (TPSA) is 105 Å². The summed E-state index contributed by atoms with van der Waals surface area (Å²) in [4.78, 5) is 43.2. The quantitative estimate of drug-likeness (QED) is 0.410. The van der Waals surface area contributed by atoms with Crippen molar-refractivity contribution < 1.29 is 32.7 Å². The molecule has 2 heterocycles. The number of ketones is 1. The van der Waals surface area contributed by atoms with Gasteiger partial charge in [0.2, 0.25) is 0 Å². The number of hydrogen-bond acceptors (Lipinski definition) is 5. The van der Waals surface area contributed by atoms with Gasteiger partial charge < -0.3 is 10.0 Å². The fraction of sp³-hybridized carbons (Fsp3) is 0.560. The van der Waals surface area contributed by atoms with Gasteiger partial charge in [0.15, 0.2) is 11.5 Å². The van der Waals surface area contributed by atoms with Crippen LogP contribution in [0.15, 0.2) is 18.6 Å². The van der Waals surface area contributed by atoms with Crippen LogP contribution in [0.1, 0.15) is 84.8 Å². The molecule has 0 aliphatic heterocycles. The van der Waals surface area contributed by atoms with Crippen LogP contribution in [0.2, 0.25) is 10.0 Å². The van der Waals surface area contributed by atoms with Gasteiger partial charge in [-0.2, -0.15) is 18.3 Å². The number of hydrogen-bond donors (Lipinski definition) is 1. The Morgan fingerprint density at radius 1 is 1.08 bits per heavy atom. The third-order valence-corrected chi connectivity index (χ3v) is 8.31. The highest BCUT2D eigenvalue weighted by Crippen LogP contribution is 2.45. The smallest absolute Gasteiger partial charge is 0.433 e. The molecule has 1 amide bonds. The second kappa shape index (κ2) is 10.5. The standard InChI is InChI=1S/C25H27Cl2F3N4O4/c1-24(2)8-7-19(24)33(12-18(35)20-16(26)10-31-11-17(20)27)22(36)15-9-32-34(21(15)25(28,29)30)14-5-3-13(4-6-14)23(37)38/h9-11,13-14,19H,3-8,12H2,1-2H3,(H,37,38). The predicted octanol–water partition coefficient (Wildman–Crippen LogP) is 5.93. The van der Waals surface area contributed by atoms with Gasteiger partial charge in [0, 0.05) is 18.4 Å². The maximum Gasteiger partial charge on any atom is 0.433 e. The number of aliphatic carboxylic acids is 1. The van der Waals surface area contributed by atoms with Gasteiger partial charge in [0.25, 0.3) is 5.91 Å². The Balaban J connectivity index is 1.70. The molecule has 2 aromatic rings. The van der Waals surface area contributed by atoms with Crippen molar-refractivity contribution in [1.82, 2.24) is 19.7 Å². The van der Waals surface area contributed by atoms with E-state index in [-0.39, 0.29) is 41.3 Å². The first-order valence-corrected chi connectivity index (χ1v) is 13.0. The van der Waals surface area contributed by atoms with Crippen molar-refractivity contribution >= 4 is 40.9 Å². The zero-order valence-electron chi connectivity index (χ0n) is 20.8. The van der Waals surface area contributed by atoms with Gasteiger partial charge >= 0.3 is 12.1 Å². The summed E-state index contributed by atoms with van der Waals surface area (Å²) in [5.74, 6) is -3.18. The highest BCUT2D eigenvalue weighted by molar-refractivity contribution is 6.39. The minimum absolute atomic E-state index is 0.0245. The lowest BCUT2D eigenvalue weighted by molar-refractivity contribution is -0.147. The zero-order chi connectivity index (χ0) is 28.0. The van der Waals surface area contributed by atoms with Gasteiger partial charge in [-0.1, -0.05) is 37.0 Å². The van der Waals surface area contributed by atoms with Gasteiger partial charge in [-0.15, -0.1) is 0 Å². The fourth-order valence-corrected chi connectivity index (χ4v) is 6.04. The summed E-state index contributed by atoms with van der Waals surface area (Å²) >= 11 is 12.2. The highest BCUT2D eigenvalue weighted by Gasteiger charge is 2.48. The molecule has 2 saturated carbocycles. The lowest BCUT2D eigenvalue weighted by atomic mass is 9.66. The number of carboxylic acids is 1. The molecule has 1 atom stereocenters. The van der Waals surface area contributed by atoms with Crippen LogP contribution in [0.3, 0.4) is 0 Å². The van der Waals surface area contributed by atoms with Gasteiger partial charge in [-0.25, -0.2) is 0 Å². The van der Waals surface area contributed by atoms with Crippen LogP contribution in [0.25, 0.3) is 0 Å². The Hall–Kier alpha value is -2.66. The van der Waals surface area contributed by atoms with E-state index in [9.17, 15) is 32.7 Å². The minimum Gasteiger partial charge on any atom is -0.481 e. The summed E-state index contributed by atoms with van der Waals surface area (Å²) in [6.07, 6.45) is 0.477. The lowest BCUT2D eigenvalue weighted by Gasteiger charge is -2.50. The second-order valence-corrected chi connectivity index (χ2v) is 11.4. The molecule has 2 aliphatic carbocycles. The molecule has 8 nitrogen and oxygen atoms in total. The molecular formula is C25H27Cl2F3N4O4. The Labute approximate surface area is 227 Å². The first kappa shape index (κ1) is 28.4. The van der Waals surface area contributed by atoms with E-state index >= 15 is 0 Å². The molecule has 2 aromatic heterocycles. The molecule has 0 bridgehead atoms. The molecule has 2 fully saturated rings. The molecule has 38 heavy (non-hydrogen) atoms. The van der Waals surface area contributed by atoms with Gasteiger partial charge in [0.1, 0.15) is 0 Å². The highest BCUT2D eigenvalue weighted by atomic mass is 35.5. The average molecular weight is 575 g/mol. The van der Waals surface area contributed by atoms with Gasteiger partial charge in [0.05, 0.1) is 45.9 Å². The van der Waals surface area contributed by atoms with E-state index in [0.29, 0.717) is 6.42 Å². The van der Waals surface area contributed by atoms with E-state index < -0.39 is 65.1 Å². The number of halogens is 5. The first-order chi connectivity index (χ1) is 17.7. The summed E-state index contributed by atoms with van der Waals surface area (Å²) in [6.45, 7) is 3.24. The molecule has 0 spiro atoms. The largest absolute Gasteiger partial charge is 0.481 e. The van der Waals surface area contributed by atoms with Crippen molar-refractivity contribution in [3.63, 3.8) is 0 Å². The van der Waals surface area contributed by atoms with Crippen LogP contribution >= 0.6 is 23.2 Å². The third kappa shape index (κ3) is 5.40. The Morgan fingerprint density at radius 3 is 2.16 bits per heavy atom. The number of rotatable bonds is 7. The van der Waals surface area contributed by atoms with E-state index in [1.165, 1.54) is 12.4 Å². The summed E-state index contributed by atoms with van der Waals surface area (Å²) in [5, 5.41) is 13.1. The molecule has 0 aromatic carbocycles. The number of alkyl halides is 3. The SMILES string of the molecule is CC1(C)CCC1N(CC(=O)c1c(Cl)cncc1Cl)C(=O)c1cnn(C2CCC(C(=O)O)CC2)c1C(F)(F)F. The summed E-state index contributed by atoms with van der Waals surface area (Å²) in [6, 6.07) is -1.19. The van der Waals surface area contributed by atoms with Crippen molar-refractivity contribution in [2.75, 3.05) is 6.54 Å². The number of nitrogens with zero attached hydrogens (tertiary/aromatic N) is 4. The number of Topliss-reactive ketones (excluding diaryl/α,β-unsaturated/α-hetero) is 1. The number of carbonyl (C=O) groups is 3. The number of pyridine rings is 1. The summed E-state index contributed by atoms with van der Waals surface area (Å²) in [7, 11) is 0. The summed E-state index contributed by atoms with van der Waals surface area (Å²) in [5.41, 5.74) is -2.33. The molecule has 0 radical (unpaired) electrons. The second-order valence-electron chi connectivity index (χ2n) is 10.6. The monoisotopic (exact) mass is 574 g/mol. The summed E-state index contributed by atoms with van der Waals surface area (Å²) < 4.78 is 43.9. The number of amides is 1. The third-order valence-electron chi connectivity index (χ3n) is 7.73. The molecule has 2 aliphatic rings. The van der Waals surface area contributed by atoms with Crippen LogP contribution < -0.4 is 0 Å². The molecular weight excluding hydrogens is 548 g/mol. The van der Waals surface area contributed by atoms with Crippen LogP contribution in [-0.2, 0) is 11.0 Å². The molecule has 0 saturated heterocycles. The van der Waals surface area contributed by atoms with Crippen molar-refractivity contribution in [3.8, 4) is 0 Å². The average Bonchev–Trinajstić information content (AvgIpc) is 3.28. The van der Waals surface area contributed by atoms with E-state index in [4.69, 9.17) is 23.2 Å². The van der Waals surface area contributed by atoms with Crippen LogP contribution in [0, 0.1) is 11.3 Å². The van der Waals surface area contributed by atoms with E-state index in [1.54, 1.807) is 0 Å². The zero-order valence-corrected chi connectivity index (χ0v) is 22.3. The van der Waals surface area contributed by atoms with Crippen molar-refractivity contribution in [1.29, 1.82) is 0 Å². The Morgan fingerprint density at radius 2 is 1.68 bits per heavy atom. The maximum atomic E-state index is 14.4. The van der Waals surface area contributed by atoms with E-state index in [1.807, 2.05) is 13.8 Å². The normalized spacial score (nSPS) is 23.0. The molecule has 206 valence electrons. The van der Waals surface area contributed by atoms with Gasteiger partial charge in [-0.05, 0) is 43.9 Å². The molecule has 13 heteroatoms. The van der Waals surface area contributed by atoms with Gasteiger partial charge in [-0.3, -0.25) is 24.0 Å². The first-order valence-electron chi connectivity index (χ1n) is 12.2. The lowest BCUT2D eigenvalue weighted by Crippen LogP contribution is -2.56. The van der Waals surface area contributed by atoms with Crippen molar-refractivity contribution in [3.05, 3.63) is 45.5 Å². The maximum absolute atomic E-state index is 14.4. The Bertz CT molecular complexity index is 1240.